The Morgan fingerprint density at radius 3 is 2.47 bits per heavy atom. The lowest BCUT2D eigenvalue weighted by atomic mass is 9.83. The van der Waals surface area contributed by atoms with Crippen LogP contribution in [0.3, 0.4) is 0 Å². The smallest absolute Gasteiger partial charge is 0.343 e. The van der Waals surface area contributed by atoms with Crippen LogP contribution in [0.4, 0.5) is 0 Å². The first-order chi connectivity index (χ1) is 14.5. The average Bonchev–Trinajstić information content (AvgIpc) is 2.74. The van der Waals surface area contributed by atoms with Crippen LogP contribution in [0.5, 0.6) is 11.5 Å². The molecule has 1 aliphatic rings. The first-order valence-corrected chi connectivity index (χ1v) is 10.0. The summed E-state index contributed by atoms with van der Waals surface area (Å²) in [7, 11) is 0. The average molecular weight is 461 g/mol. The van der Waals surface area contributed by atoms with Crippen molar-refractivity contribution in [2.24, 2.45) is 5.73 Å². The van der Waals surface area contributed by atoms with Crippen molar-refractivity contribution in [2.75, 3.05) is 0 Å². The molecule has 5 nitrogen and oxygen atoms in total. The third-order valence-electron chi connectivity index (χ3n) is 4.89. The number of hydrogen-bond acceptors (Lipinski definition) is 5. The molecule has 2 N–H and O–H groups in total. The van der Waals surface area contributed by atoms with E-state index in [-0.39, 0.29) is 11.8 Å². The van der Waals surface area contributed by atoms with Crippen LogP contribution in [0.25, 0.3) is 0 Å². The predicted molar refractivity (Wildman–Crippen MR) is 116 cm³/mol. The maximum Gasteiger partial charge on any atom is 0.343 e. The lowest BCUT2D eigenvalue weighted by Gasteiger charge is -2.26. The Morgan fingerprint density at radius 2 is 1.80 bits per heavy atom. The highest BCUT2D eigenvalue weighted by Gasteiger charge is 2.31. The van der Waals surface area contributed by atoms with Crippen molar-refractivity contribution >= 4 is 21.9 Å². The number of rotatable bonds is 3. The minimum atomic E-state index is -0.477. The van der Waals surface area contributed by atoms with Gasteiger partial charge in [0.2, 0.25) is 5.88 Å². The summed E-state index contributed by atoms with van der Waals surface area (Å²) in [6.07, 6.45) is 0. The van der Waals surface area contributed by atoms with Gasteiger partial charge in [-0.15, -0.1) is 0 Å². The van der Waals surface area contributed by atoms with Gasteiger partial charge in [0.1, 0.15) is 23.1 Å². The van der Waals surface area contributed by atoms with E-state index in [4.69, 9.17) is 15.2 Å². The molecule has 0 saturated carbocycles. The monoisotopic (exact) mass is 460 g/mol. The number of hydrogen-bond donors (Lipinski definition) is 1. The van der Waals surface area contributed by atoms with E-state index in [0.717, 1.165) is 21.2 Å². The molecule has 0 aromatic heterocycles. The number of nitriles is 1. The molecule has 1 aliphatic heterocycles. The van der Waals surface area contributed by atoms with Gasteiger partial charge < -0.3 is 15.2 Å². The van der Waals surface area contributed by atoms with E-state index < -0.39 is 5.97 Å². The molecule has 4 rings (SSSR count). The van der Waals surface area contributed by atoms with Gasteiger partial charge in [-0.1, -0.05) is 51.8 Å². The lowest BCUT2D eigenvalue weighted by Crippen LogP contribution is -2.21. The van der Waals surface area contributed by atoms with Crippen molar-refractivity contribution in [3.8, 4) is 17.6 Å². The highest BCUT2D eigenvalue weighted by Crippen LogP contribution is 2.43. The molecule has 0 spiro atoms. The van der Waals surface area contributed by atoms with Gasteiger partial charge in [-0.2, -0.15) is 5.26 Å². The van der Waals surface area contributed by atoms with Crippen molar-refractivity contribution in [2.45, 2.75) is 12.8 Å². The largest absolute Gasteiger partial charge is 0.440 e. The maximum atomic E-state index is 12.4. The zero-order valence-corrected chi connectivity index (χ0v) is 17.6. The van der Waals surface area contributed by atoms with E-state index in [1.807, 2.05) is 31.2 Å². The van der Waals surface area contributed by atoms with E-state index in [1.54, 1.807) is 42.5 Å². The second-order valence-corrected chi connectivity index (χ2v) is 7.85. The molecule has 0 radical (unpaired) electrons. The molecule has 1 heterocycles. The molecule has 6 heteroatoms. The highest BCUT2D eigenvalue weighted by molar-refractivity contribution is 9.10. The third-order valence-corrected chi connectivity index (χ3v) is 5.42. The summed E-state index contributed by atoms with van der Waals surface area (Å²) < 4.78 is 12.1. The molecule has 0 aliphatic carbocycles. The summed E-state index contributed by atoms with van der Waals surface area (Å²) in [5.74, 6) is 0.00724. The van der Waals surface area contributed by atoms with Crippen LogP contribution in [0.2, 0.25) is 0 Å². The van der Waals surface area contributed by atoms with Gasteiger partial charge in [0, 0.05) is 16.1 Å². The standard InChI is InChI=1S/C24H17BrN2O3/c1-14-2-4-15(5-3-14)22-19-11-10-18(12-21(19)30-23(27)20(22)13-26)29-24(28)16-6-8-17(25)9-7-16/h2-12,22H,27H2,1H3. The Balaban J connectivity index is 1.68. The molecule has 0 bridgehead atoms. The van der Waals surface area contributed by atoms with Crippen LogP contribution in [-0.4, -0.2) is 5.97 Å². The minimum absolute atomic E-state index is 0.0481. The molecule has 0 saturated heterocycles. The summed E-state index contributed by atoms with van der Waals surface area (Å²) >= 11 is 3.34. The van der Waals surface area contributed by atoms with Crippen LogP contribution in [0, 0.1) is 18.3 Å². The second-order valence-electron chi connectivity index (χ2n) is 6.93. The Bertz CT molecular complexity index is 1190. The van der Waals surface area contributed by atoms with E-state index in [1.165, 1.54) is 0 Å². The Kier molecular flexibility index (Phi) is 5.30. The second kappa shape index (κ2) is 8.05. The van der Waals surface area contributed by atoms with E-state index >= 15 is 0 Å². The molecule has 0 fully saturated rings. The number of carbonyl (C=O) groups excluding carboxylic acids is 1. The number of carbonyl (C=O) groups is 1. The number of nitrogens with two attached hydrogens (primary N) is 1. The zero-order chi connectivity index (χ0) is 21.3. The Labute approximate surface area is 182 Å². The summed E-state index contributed by atoms with van der Waals surface area (Å²) in [6, 6.07) is 22.1. The Morgan fingerprint density at radius 1 is 1.10 bits per heavy atom. The molecular formula is C24H17BrN2O3. The predicted octanol–water partition coefficient (Wildman–Crippen LogP) is 5.19. The molecule has 148 valence electrons. The topological polar surface area (TPSA) is 85.3 Å². The summed E-state index contributed by atoms with van der Waals surface area (Å²) in [6.45, 7) is 2.00. The SMILES string of the molecule is Cc1ccc(C2C(C#N)=C(N)Oc3cc(OC(=O)c4ccc(Br)cc4)ccc32)cc1. The number of halogens is 1. The van der Waals surface area contributed by atoms with Crippen molar-refractivity contribution in [3.63, 3.8) is 0 Å². The third kappa shape index (κ3) is 3.80. The number of aryl methyl sites for hydroxylation is 1. The minimum Gasteiger partial charge on any atom is -0.440 e. The van der Waals surface area contributed by atoms with Crippen LogP contribution in [-0.2, 0) is 0 Å². The van der Waals surface area contributed by atoms with Crippen molar-refractivity contribution < 1.29 is 14.3 Å². The van der Waals surface area contributed by atoms with Gasteiger partial charge in [0.15, 0.2) is 0 Å². The maximum absolute atomic E-state index is 12.4. The van der Waals surface area contributed by atoms with Crippen LogP contribution < -0.4 is 15.2 Å². The number of nitrogens with zero attached hydrogens (tertiary/aromatic N) is 1. The van der Waals surface area contributed by atoms with Gasteiger partial charge >= 0.3 is 5.97 Å². The normalized spacial score (nSPS) is 15.0. The van der Waals surface area contributed by atoms with Crippen LogP contribution in [0.15, 0.2) is 82.7 Å². The van der Waals surface area contributed by atoms with E-state index in [0.29, 0.717) is 22.6 Å². The molecule has 0 amide bonds. The fourth-order valence-electron chi connectivity index (χ4n) is 3.35. The summed E-state index contributed by atoms with van der Waals surface area (Å²) in [4.78, 5) is 12.4. The molecule has 1 atom stereocenters. The molecule has 30 heavy (non-hydrogen) atoms. The first kappa shape index (κ1) is 19.7. The van der Waals surface area contributed by atoms with Gasteiger partial charge in [0.05, 0.1) is 11.5 Å². The lowest BCUT2D eigenvalue weighted by molar-refractivity contribution is 0.0734. The van der Waals surface area contributed by atoms with Gasteiger partial charge in [-0.25, -0.2) is 4.79 Å². The van der Waals surface area contributed by atoms with Crippen LogP contribution >= 0.6 is 15.9 Å². The molecule has 3 aromatic rings. The van der Waals surface area contributed by atoms with Gasteiger partial charge in [0.25, 0.3) is 0 Å². The molecule has 3 aromatic carbocycles. The molecular weight excluding hydrogens is 444 g/mol. The summed E-state index contributed by atoms with van der Waals surface area (Å²) in [5.41, 5.74) is 9.67. The van der Waals surface area contributed by atoms with Gasteiger partial charge in [-0.05, 0) is 42.8 Å². The van der Waals surface area contributed by atoms with Gasteiger partial charge in [-0.3, -0.25) is 0 Å². The number of allylic oxidation sites excluding steroid dienone is 1. The van der Waals surface area contributed by atoms with Crippen molar-refractivity contribution in [3.05, 3.63) is 105 Å². The first-order valence-electron chi connectivity index (χ1n) is 9.22. The number of fused-ring (bicyclic) bond motifs is 1. The quantitative estimate of drug-likeness (QED) is 0.429. The fourth-order valence-corrected chi connectivity index (χ4v) is 3.62. The highest BCUT2D eigenvalue weighted by atomic mass is 79.9. The van der Waals surface area contributed by atoms with E-state index in [2.05, 4.69) is 22.0 Å². The van der Waals surface area contributed by atoms with Crippen molar-refractivity contribution in [1.82, 2.24) is 0 Å². The van der Waals surface area contributed by atoms with Crippen molar-refractivity contribution in [1.29, 1.82) is 5.26 Å². The number of esters is 1. The fraction of sp³-hybridized carbons (Fsp3) is 0.0833. The van der Waals surface area contributed by atoms with Crippen LogP contribution in [0.1, 0.15) is 33.0 Å². The summed E-state index contributed by atoms with van der Waals surface area (Å²) in [5, 5.41) is 9.65. The number of benzene rings is 3. The molecule has 1 unspecified atom stereocenters. The zero-order valence-electron chi connectivity index (χ0n) is 16.1. The number of ether oxygens (including phenoxy) is 2. The Hall–Kier alpha value is -3.56. The van der Waals surface area contributed by atoms with E-state index in [9.17, 15) is 10.1 Å².